The molecule has 0 unspecified atom stereocenters. The van der Waals surface area contributed by atoms with Gasteiger partial charge >= 0.3 is 0 Å². The Hall–Kier alpha value is -1.61. The molecule has 0 atom stereocenters. The zero-order valence-corrected chi connectivity index (χ0v) is 14.1. The van der Waals surface area contributed by atoms with Crippen molar-refractivity contribution >= 4 is 0 Å². The van der Waals surface area contributed by atoms with E-state index < -0.39 is 0 Å². The number of nitrogens with zero attached hydrogens (tertiary/aromatic N) is 2. The second kappa shape index (κ2) is 6.02. The molecule has 0 radical (unpaired) electrons. The zero-order chi connectivity index (χ0) is 15.6. The van der Waals surface area contributed by atoms with Gasteiger partial charge in [-0.1, -0.05) is 39.8 Å². The fourth-order valence-electron chi connectivity index (χ4n) is 2.58. The third kappa shape index (κ3) is 3.53. The molecular weight excluding hydrogens is 258 g/mol. The first-order valence-electron chi connectivity index (χ1n) is 7.67. The number of aryl methyl sites for hydroxylation is 2. The molecule has 2 rings (SSSR count). The molecule has 1 aromatic heterocycles. The Kier molecular flexibility index (Phi) is 4.52. The Bertz CT molecular complexity index is 618. The minimum absolute atomic E-state index is 0.0424. The van der Waals surface area contributed by atoms with Gasteiger partial charge in [-0.15, -0.1) is 0 Å². The summed E-state index contributed by atoms with van der Waals surface area (Å²) in [6, 6.07) is 6.71. The first-order chi connectivity index (χ1) is 9.82. The van der Waals surface area contributed by atoms with E-state index in [-0.39, 0.29) is 5.41 Å². The van der Waals surface area contributed by atoms with Crippen LogP contribution in [0.25, 0.3) is 11.1 Å². The van der Waals surface area contributed by atoms with E-state index in [0.717, 1.165) is 18.8 Å². The van der Waals surface area contributed by atoms with Crippen LogP contribution in [0.2, 0.25) is 0 Å². The smallest absolute Gasteiger partial charge is 0.0756 e. The summed E-state index contributed by atoms with van der Waals surface area (Å²) in [5.74, 6) is 0. The highest BCUT2D eigenvalue weighted by molar-refractivity contribution is 5.70. The fraction of sp³-hybridized carbons (Fsp3) is 0.500. The van der Waals surface area contributed by atoms with Gasteiger partial charge in [-0.25, -0.2) is 0 Å². The number of nitrogens with one attached hydrogen (secondary N) is 1. The molecule has 0 amide bonds. The van der Waals surface area contributed by atoms with E-state index >= 15 is 0 Å². The molecule has 0 aliphatic heterocycles. The average molecular weight is 285 g/mol. The quantitative estimate of drug-likeness (QED) is 0.926. The summed E-state index contributed by atoms with van der Waals surface area (Å²) in [5, 5.41) is 8.08. The highest BCUT2D eigenvalue weighted by Crippen LogP contribution is 2.33. The molecule has 0 aliphatic carbocycles. The molecule has 114 valence electrons. The normalized spacial score (nSPS) is 11.9. The van der Waals surface area contributed by atoms with Crippen LogP contribution in [0.3, 0.4) is 0 Å². The Morgan fingerprint density at radius 1 is 1.19 bits per heavy atom. The van der Waals surface area contributed by atoms with Gasteiger partial charge in [0.15, 0.2) is 0 Å². The number of hydrogen-bond acceptors (Lipinski definition) is 2. The lowest BCUT2D eigenvalue weighted by Gasteiger charge is -2.18. The zero-order valence-electron chi connectivity index (χ0n) is 14.1. The highest BCUT2D eigenvalue weighted by atomic mass is 15.3. The first kappa shape index (κ1) is 15.8. The lowest BCUT2D eigenvalue weighted by atomic mass is 9.86. The van der Waals surface area contributed by atoms with Crippen molar-refractivity contribution in [3.8, 4) is 11.1 Å². The van der Waals surface area contributed by atoms with Crippen LogP contribution in [-0.2, 0) is 19.0 Å². The second-order valence-corrected chi connectivity index (χ2v) is 6.74. The van der Waals surface area contributed by atoms with Crippen molar-refractivity contribution in [3.05, 3.63) is 41.2 Å². The molecule has 2 aromatic rings. The summed E-state index contributed by atoms with van der Waals surface area (Å²) in [6.45, 7) is 12.9. The molecule has 0 saturated carbocycles. The van der Waals surface area contributed by atoms with Crippen LogP contribution in [0, 0.1) is 6.92 Å². The largest absolute Gasteiger partial charge is 0.313 e. The summed E-state index contributed by atoms with van der Waals surface area (Å²) in [6.07, 6.45) is 2.14. The number of rotatable bonds is 4. The fourth-order valence-corrected chi connectivity index (χ4v) is 2.58. The molecule has 0 saturated heterocycles. The molecule has 0 fully saturated rings. The molecule has 1 heterocycles. The summed E-state index contributed by atoms with van der Waals surface area (Å²) < 4.78 is 1.92. The van der Waals surface area contributed by atoms with Gasteiger partial charge in [0.2, 0.25) is 0 Å². The molecular formula is C18H27N3. The third-order valence-electron chi connectivity index (χ3n) is 3.71. The Balaban J connectivity index is 2.51. The molecule has 0 spiro atoms. The van der Waals surface area contributed by atoms with Crippen molar-refractivity contribution < 1.29 is 0 Å². The minimum Gasteiger partial charge on any atom is -0.313 e. The lowest BCUT2D eigenvalue weighted by Crippen LogP contribution is -2.14. The maximum absolute atomic E-state index is 4.69. The van der Waals surface area contributed by atoms with E-state index in [1.807, 2.05) is 11.7 Å². The monoisotopic (exact) mass is 285 g/mol. The standard InChI is InChI=1S/C18H27N3/c1-7-19-11-14-9-8-13(2)15(10-14)16-12-21(6)20-17(16)18(3,4)5/h8-10,12,19H,7,11H2,1-6H3. The SMILES string of the molecule is CCNCc1ccc(C)c(-c2cn(C)nc2C(C)(C)C)c1. The molecule has 3 heteroatoms. The summed E-state index contributed by atoms with van der Waals surface area (Å²) >= 11 is 0. The molecule has 3 nitrogen and oxygen atoms in total. The van der Waals surface area contributed by atoms with E-state index in [1.165, 1.54) is 22.3 Å². The Morgan fingerprint density at radius 2 is 1.90 bits per heavy atom. The van der Waals surface area contributed by atoms with Crippen LogP contribution in [0.15, 0.2) is 24.4 Å². The molecule has 21 heavy (non-hydrogen) atoms. The third-order valence-corrected chi connectivity index (χ3v) is 3.71. The number of hydrogen-bond donors (Lipinski definition) is 1. The van der Waals surface area contributed by atoms with Gasteiger partial charge in [0.1, 0.15) is 0 Å². The number of aromatic nitrogens is 2. The van der Waals surface area contributed by atoms with Crippen molar-refractivity contribution in [2.45, 2.75) is 46.6 Å². The Morgan fingerprint density at radius 3 is 2.52 bits per heavy atom. The van der Waals surface area contributed by atoms with Gasteiger partial charge in [-0.3, -0.25) is 4.68 Å². The van der Waals surface area contributed by atoms with E-state index in [9.17, 15) is 0 Å². The Labute approximate surface area is 128 Å². The van der Waals surface area contributed by atoms with Crippen molar-refractivity contribution in [2.24, 2.45) is 7.05 Å². The summed E-state index contributed by atoms with van der Waals surface area (Å²) in [5.41, 5.74) is 6.37. The lowest BCUT2D eigenvalue weighted by molar-refractivity contribution is 0.554. The van der Waals surface area contributed by atoms with Crippen molar-refractivity contribution in [1.29, 1.82) is 0 Å². The topological polar surface area (TPSA) is 29.9 Å². The van der Waals surface area contributed by atoms with E-state index in [4.69, 9.17) is 5.10 Å². The van der Waals surface area contributed by atoms with Gasteiger partial charge in [-0.2, -0.15) is 5.10 Å². The van der Waals surface area contributed by atoms with E-state index in [1.54, 1.807) is 0 Å². The van der Waals surface area contributed by atoms with Crippen LogP contribution in [0.1, 0.15) is 44.5 Å². The van der Waals surface area contributed by atoms with Crippen LogP contribution in [0.4, 0.5) is 0 Å². The van der Waals surface area contributed by atoms with E-state index in [2.05, 4.69) is 64.3 Å². The summed E-state index contributed by atoms with van der Waals surface area (Å²) in [4.78, 5) is 0. The highest BCUT2D eigenvalue weighted by Gasteiger charge is 2.23. The maximum atomic E-state index is 4.69. The van der Waals surface area contributed by atoms with Gasteiger partial charge in [0, 0.05) is 30.8 Å². The molecule has 1 N–H and O–H groups in total. The van der Waals surface area contributed by atoms with Crippen LogP contribution < -0.4 is 5.32 Å². The predicted octanol–water partition coefficient (Wildman–Crippen LogP) is 3.80. The van der Waals surface area contributed by atoms with Crippen LogP contribution in [0.5, 0.6) is 0 Å². The van der Waals surface area contributed by atoms with Gasteiger partial charge < -0.3 is 5.32 Å². The molecule has 1 aromatic carbocycles. The van der Waals surface area contributed by atoms with Crippen LogP contribution >= 0.6 is 0 Å². The predicted molar refractivity (Wildman–Crippen MR) is 89.5 cm³/mol. The maximum Gasteiger partial charge on any atom is 0.0756 e. The molecule has 0 bridgehead atoms. The van der Waals surface area contributed by atoms with Gasteiger partial charge in [0.25, 0.3) is 0 Å². The van der Waals surface area contributed by atoms with Gasteiger partial charge in [-0.05, 0) is 36.2 Å². The minimum atomic E-state index is 0.0424. The van der Waals surface area contributed by atoms with Crippen molar-refractivity contribution in [2.75, 3.05) is 6.54 Å². The van der Waals surface area contributed by atoms with Crippen molar-refractivity contribution in [1.82, 2.24) is 15.1 Å². The van der Waals surface area contributed by atoms with Crippen molar-refractivity contribution in [3.63, 3.8) is 0 Å². The van der Waals surface area contributed by atoms with Gasteiger partial charge in [0.05, 0.1) is 5.69 Å². The average Bonchev–Trinajstić information content (AvgIpc) is 2.80. The number of benzene rings is 1. The first-order valence-corrected chi connectivity index (χ1v) is 7.67. The molecule has 0 aliphatic rings. The second-order valence-electron chi connectivity index (χ2n) is 6.74. The van der Waals surface area contributed by atoms with Crippen LogP contribution in [-0.4, -0.2) is 16.3 Å². The van der Waals surface area contributed by atoms with E-state index in [0.29, 0.717) is 0 Å². The summed E-state index contributed by atoms with van der Waals surface area (Å²) in [7, 11) is 2.00.